The third-order valence-corrected chi connectivity index (χ3v) is 8.15. The van der Waals surface area contributed by atoms with Gasteiger partial charge in [0.25, 0.3) is 0 Å². The van der Waals surface area contributed by atoms with Crippen molar-refractivity contribution in [2.45, 2.75) is 84.2 Å². The van der Waals surface area contributed by atoms with Crippen molar-refractivity contribution in [2.75, 3.05) is 0 Å². The Bertz CT molecular complexity index is 1390. The average Bonchev–Trinajstić information content (AvgIpc) is 3.02. The molecule has 2 nitrogen and oxygen atoms in total. The fourth-order valence-corrected chi connectivity index (χ4v) is 6.16. The Balaban J connectivity index is 0.000000183. The van der Waals surface area contributed by atoms with Crippen LogP contribution in [0.2, 0.25) is 5.02 Å². The Morgan fingerprint density at radius 3 is 1.59 bits per heavy atom. The summed E-state index contributed by atoms with van der Waals surface area (Å²) in [6.45, 7) is 7.73. The van der Waals surface area contributed by atoms with Gasteiger partial charge in [0.2, 0.25) is 0 Å². The lowest BCUT2D eigenvalue weighted by Gasteiger charge is -2.26. The van der Waals surface area contributed by atoms with Crippen LogP contribution in [-0.2, 0) is 17.6 Å². The summed E-state index contributed by atoms with van der Waals surface area (Å²) < 4.78 is 5.24. The first-order valence-electron chi connectivity index (χ1n) is 15.2. The van der Waals surface area contributed by atoms with Crippen LogP contribution in [0.25, 0.3) is 0 Å². The monoisotopic (exact) mass is 566 g/mol. The van der Waals surface area contributed by atoms with Gasteiger partial charge in [0.05, 0.1) is 11.7 Å². The highest BCUT2D eigenvalue weighted by molar-refractivity contribution is 6.30. The summed E-state index contributed by atoms with van der Waals surface area (Å²) >= 11 is 5.95. The average molecular weight is 567 g/mol. The molecular weight excluding hydrogens is 524 g/mol. The van der Waals surface area contributed by atoms with Crippen LogP contribution in [0.3, 0.4) is 0 Å². The van der Waals surface area contributed by atoms with Gasteiger partial charge in [-0.15, -0.1) is 0 Å². The molecule has 2 atom stereocenters. The molecule has 2 aliphatic carbocycles. The van der Waals surface area contributed by atoms with E-state index in [-0.39, 0.29) is 12.1 Å². The number of carbonyl (C=O) groups is 1. The number of halogens is 1. The van der Waals surface area contributed by atoms with Gasteiger partial charge < -0.3 is 4.74 Å². The summed E-state index contributed by atoms with van der Waals surface area (Å²) in [5.74, 6) is 0.753. The van der Waals surface area contributed by atoms with E-state index in [1.165, 1.54) is 71.9 Å². The van der Waals surface area contributed by atoms with Gasteiger partial charge in [-0.3, -0.25) is 0 Å². The number of aryl methyl sites for hydroxylation is 2. The highest BCUT2D eigenvalue weighted by atomic mass is 35.5. The van der Waals surface area contributed by atoms with Crippen LogP contribution in [0, 0.1) is 0 Å². The minimum absolute atomic E-state index is 0.0857. The summed E-state index contributed by atoms with van der Waals surface area (Å²) in [5.41, 5.74) is 9.21. The molecule has 2 unspecified atom stereocenters. The van der Waals surface area contributed by atoms with Crippen molar-refractivity contribution < 1.29 is 9.53 Å². The van der Waals surface area contributed by atoms with E-state index in [9.17, 15) is 4.79 Å². The summed E-state index contributed by atoms with van der Waals surface area (Å²) in [7, 11) is 0. The summed E-state index contributed by atoms with van der Waals surface area (Å²) in [6, 6.07) is 33.8. The zero-order valence-corrected chi connectivity index (χ0v) is 25.7. The van der Waals surface area contributed by atoms with E-state index in [2.05, 4.69) is 72.8 Å². The van der Waals surface area contributed by atoms with Crippen LogP contribution in [0.1, 0.15) is 109 Å². The van der Waals surface area contributed by atoms with Crippen LogP contribution < -0.4 is 0 Å². The number of esters is 1. The van der Waals surface area contributed by atoms with Crippen molar-refractivity contribution >= 4 is 17.6 Å². The van der Waals surface area contributed by atoms with E-state index in [1.54, 1.807) is 0 Å². The zero-order valence-electron chi connectivity index (χ0n) is 24.9. The summed E-state index contributed by atoms with van der Waals surface area (Å²) in [4.78, 5) is 11.9. The predicted octanol–water partition coefficient (Wildman–Crippen LogP) is 10.6. The molecule has 0 aliphatic heterocycles. The SMILES string of the molecule is CC.CC(C)OC(=O)c1ccc(C2CCCc3ccccc32)cc1.Clc1ccc(C2CCCc3ccccc32)cc1. The van der Waals surface area contributed by atoms with Crippen LogP contribution in [-0.4, -0.2) is 12.1 Å². The van der Waals surface area contributed by atoms with Crippen LogP contribution in [0.5, 0.6) is 0 Å². The Morgan fingerprint density at radius 1 is 0.683 bits per heavy atom. The van der Waals surface area contributed by atoms with E-state index in [0.717, 1.165) is 5.02 Å². The lowest BCUT2D eigenvalue weighted by Crippen LogP contribution is -2.13. The topological polar surface area (TPSA) is 26.3 Å². The van der Waals surface area contributed by atoms with E-state index < -0.39 is 0 Å². The first-order valence-corrected chi connectivity index (χ1v) is 15.6. The molecule has 0 saturated heterocycles. The summed E-state index contributed by atoms with van der Waals surface area (Å²) in [6.07, 6.45) is 7.23. The van der Waals surface area contributed by atoms with Gasteiger partial charge in [0, 0.05) is 16.9 Å². The number of hydrogen-bond donors (Lipinski definition) is 0. The Hall–Kier alpha value is -3.36. The molecule has 0 bridgehead atoms. The Morgan fingerprint density at radius 2 is 1.12 bits per heavy atom. The molecule has 41 heavy (non-hydrogen) atoms. The maximum Gasteiger partial charge on any atom is 0.338 e. The van der Waals surface area contributed by atoms with Gasteiger partial charge in [-0.05, 0) is 110 Å². The standard InChI is InChI=1S/C20H22O2.C16H15Cl.C2H6/c1-14(2)22-20(21)17-12-10-16(11-13-17)19-9-5-7-15-6-3-4-8-18(15)19;17-14-10-8-13(9-11-14)16-7-3-5-12-4-1-2-6-15(12)16;1-2/h3-4,6,8,10-14,19H,5,7,9H2,1-2H3;1-2,4,6,8-11,16H,3,5,7H2;1-2H3. The first-order chi connectivity index (χ1) is 20.0. The number of carbonyl (C=O) groups excluding carboxylic acids is 1. The molecule has 0 aromatic heterocycles. The van der Waals surface area contributed by atoms with Crippen molar-refractivity contribution in [2.24, 2.45) is 0 Å². The molecular formula is C38H43ClO2. The molecule has 0 amide bonds. The van der Waals surface area contributed by atoms with Gasteiger partial charge in [-0.25, -0.2) is 4.79 Å². The minimum atomic E-state index is -0.245. The molecule has 0 fully saturated rings. The number of rotatable bonds is 4. The van der Waals surface area contributed by atoms with Crippen molar-refractivity contribution in [1.29, 1.82) is 0 Å². The molecule has 3 heteroatoms. The van der Waals surface area contributed by atoms with Crippen molar-refractivity contribution in [1.82, 2.24) is 0 Å². The molecule has 214 valence electrons. The van der Waals surface area contributed by atoms with Crippen molar-refractivity contribution in [3.63, 3.8) is 0 Å². The zero-order chi connectivity index (χ0) is 29.2. The van der Waals surface area contributed by atoms with E-state index >= 15 is 0 Å². The maximum atomic E-state index is 11.9. The second-order valence-electron chi connectivity index (χ2n) is 10.9. The third-order valence-electron chi connectivity index (χ3n) is 7.90. The quantitative estimate of drug-likeness (QED) is 0.230. The minimum Gasteiger partial charge on any atom is -0.459 e. The van der Waals surface area contributed by atoms with Gasteiger partial charge in [0.15, 0.2) is 0 Å². The van der Waals surface area contributed by atoms with Crippen LogP contribution >= 0.6 is 11.6 Å². The van der Waals surface area contributed by atoms with Gasteiger partial charge in [-0.1, -0.05) is 98.2 Å². The lowest BCUT2D eigenvalue weighted by molar-refractivity contribution is 0.0378. The number of benzene rings is 4. The molecule has 4 aromatic carbocycles. The van der Waals surface area contributed by atoms with Crippen LogP contribution in [0.15, 0.2) is 97.1 Å². The molecule has 0 heterocycles. The fraction of sp³-hybridized carbons (Fsp3) is 0.342. The van der Waals surface area contributed by atoms with Crippen molar-refractivity contribution in [3.05, 3.63) is 141 Å². The van der Waals surface area contributed by atoms with E-state index in [1.807, 2.05) is 52.0 Å². The largest absolute Gasteiger partial charge is 0.459 e. The van der Waals surface area contributed by atoms with E-state index in [4.69, 9.17) is 16.3 Å². The second-order valence-corrected chi connectivity index (χ2v) is 11.4. The Labute approximate surface area is 251 Å². The third kappa shape index (κ3) is 7.89. The maximum absolute atomic E-state index is 11.9. The molecule has 0 spiro atoms. The Kier molecular flexibility index (Phi) is 11.2. The molecule has 0 N–H and O–H groups in total. The first kappa shape index (κ1) is 30.6. The fourth-order valence-electron chi connectivity index (χ4n) is 6.03. The molecule has 6 rings (SSSR count). The number of hydrogen-bond acceptors (Lipinski definition) is 2. The number of fused-ring (bicyclic) bond motifs is 2. The molecule has 0 radical (unpaired) electrons. The van der Waals surface area contributed by atoms with Gasteiger partial charge >= 0.3 is 5.97 Å². The highest BCUT2D eigenvalue weighted by Gasteiger charge is 2.22. The predicted molar refractivity (Wildman–Crippen MR) is 172 cm³/mol. The van der Waals surface area contributed by atoms with Gasteiger partial charge in [0.1, 0.15) is 0 Å². The summed E-state index contributed by atoms with van der Waals surface area (Å²) in [5, 5.41) is 0.817. The highest BCUT2D eigenvalue weighted by Crippen LogP contribution is 2.37. The number of ether oxygens (including phenoxy) is 1. The molecule has 0 saturated carbocycles. The van der Waals surface area contributed by atoms with E-state index in [0.29, 0.717) is 17.4 Å². The van der Waals surface area contributed by atoms with Crippen molar-refractivity contribution in [3.8, 4) is 0 Å². The lowest BCUT2D eigenvalue weighted by atomic mass is 9.79. The van der Waals surface area contributed by atoms with Gasteiger partial charge in [-0.2, -0.15) is 0 Å². The normalized spacial score (nSPS) is 17.1. The second kappa shape index (κ2) is 15.0. The van der Waals surface area contributed by atoms with Crippen LogP contribution in [0.4, 0.5) is 0 Å². The molecule has 2 aliphatic rings. The molecule has 4 aromatic rings. The smallest absolute Gasteiger partial charge is 0.338 e.